The van der Waals surface area contributed by atoms with Gasteiger partial charge in [-0.05, 0) is 30.7 Å². The molecule has 0 radical (unpaired) electrons. The highest BCUT2D eigenvalue weighted by atomic mass is 35.5. The summed E-state index contributed by atoms with van der Waals surface area (Å²) in [6, 6.07) is 9.16. The van der Waals surface area contributed by atoms with Crippen LogP contribution in [0, 0.1) is 12.7 Å². The third-order valence-electron chi connectivity index (χ3n) is 4.88. The zero-order valence-electron chi connectivity index (χ0n) is 16.7. The van der Waals surface area contributed by atoms with Gasteiger partial charge in [0.25, 0.3) is 0 Å². The Bertz CT molecular complexity index is 999. The van der Waals surface area contributed by atoms with Crippen molar-refractivity contribution in [2.45, 2.75) is 44.1 Å². The number of aliphatic carboxylic acids is 1. The first-order valence-corrected chi connectivity index (χ1v) is 9.88. The van der Waals surface area contributed by atoms with Gasteiger partial charge in [-0.15, -0.1) is 0 Å². The molecule has 2 aromatic rings. The van der Waals surface area contributed by atoms with Crippen molar-refractivity contribution in [3.63, 3.8) is 0 Å². The molecule has 1 fully saturated rings. The third kappa shape index (κ3) is 5.17. The first-order chi connectivity index (χ1) is 15.1. The molecule has 1 heterocycles. The maximum atomic E-state index is 14.2. The van der Waals surface area contributed by atoms with Crippen LogP contribution in [0.2, 0.25) is 5.02 Å². The van der Waals surface area contributed by atoms with Crippen molar-refractivity contribution in [1.82, 2.24) is 0 Å². The van der Waals surface area contributed by atoms with E-state index in [0.29, 0.717) is 11.3 Å². The van der Waals surface area contributed by atoms with Crippen LogP contribution in [0.3, 0.4) is 0 Å². The van der Waals surface area contributed by atoms with Crippen molar-refractivity contribution in [2.75, 3.05) is 5.32 Å². The van der Waals surface area contributed by atoms with E-state index in [1.807, 2.05) is 0 Å². The lowest BCUT2D eigenvalue weighted by Gasteiger charge is -2.37. The predicted molar refractivity (Wildman–Crippen MR) is 110 cm³/mol. The van der Waals surface area contributed by atoms with Gasteiger partial charge in [-0.3, -0.25) is 4.79 Å². The summed E-state index contributed by atoms with van der Waals surface area (Å²) in [7, 11) is 0. The number of benzene rings is 2. The minimum absolute atomic E-state index is 0.0140. The van der Waals surface area contributed by atoms with E-state index in [-0.39, 0.29) is 17.1 Å². The van der Waals surface area contributed by atoms with Crippen molar-refractivity contribution in [2.24, 2.45) is 0 Å². The number of aryl methyl sites for hydroxylation is 1. The number of anilines is 2. The van der Waals surface area contributed by atoms with Gasteiger partial charge >= 0.3 is 11.9 Å². The molecule has 5 atom stereocenters. The molecule has 1 saturated heterocycles. The van der Waals surface area contributed by atoms with Gasteiger partial charge in [0.05, 0.1) is 17.1 Å². The summed E-state index contributed by atoms with van der Waals surface area (Å²) in [6.45, 7) is 1.78. The molecule has 0 spiro atoms. The zero-order chi connectivity index (χ0) is 23.6. The van der Waals surface area contributed by atoms with Gasteiger partial charge in [-0.1, -0.05) is 35.4 Å². The summed E-state index contributed by atoms with van der Waals surface area (Å²) in [5.41, 5.74) is 1.56. The molecule has 172 valence electrons. The first-order valence-electron chi connectivity index (χ1n) is 9.51. The van der Waals surface area contributed by atoms with Gasteiger partial charge in [0.15, 0.2) is 6.10 Å². The molecule has 1 aliphatic heterocycles. The number of esters is 1. The number of aliphatic hydroxyl groups excluding tert-OH is 3. The van der Waals surface area contributed by atoms with Crippen LogP contribution in [0.15, 0.2) is 36.4 Å². The first kappa shape index (κ1) is 23.9. The van der Waals surface area contributed by atoms with Gasteiger partial charge in [0.2, 0.25) is 6.29 Å². The van der Waals surface area contributed by atoms with Crippen LogP contribution in [0.5, 0.6) is 0 Å². The smallest absolute Gasteiger partial charge is 0.335 e. The Labute approximate surface area is 187 Å². The fourth-order valence-electron chi connectivity index (χ4n) is 3.22. The Morgan fingerprint density at radius 3 is 2.53 bits per heavy atom. The van der Waals surface area contributed by atoms with Gasteiger partial charge in [0, 0.05) is 5.69 Å². The highest BCUT2D eigenvalue weighted by Crippen LogP contribution is 2.31. The number of ether oxygens (including phenoxy) is 2. The Morgan fingerprint density at radius 1 is 1.16 bits per heavy atom. The van der Waals surface area contributed by atoms with E-state index in [1.54, 1.807) is 25.1 Å². The summed E-state index contributed by atoms with van der Waals surface area (Å²) >= 11 is 6.05. The number of aliphatic hydroxyl groups is 3. The lowest BCUT2D eigenvalue weighted by atomic mass is 9.99. The number of rotatable bonds is 6. The maximum absolute atomic E-state index is 14.2. The summed E-state index contributed by atoms with van der Waals surface area (Å²) in [5, 5.41) is 41.6. The average Bonchev–Trinajstić information content (AvgIpc) is 2.72. The molecule has 3 rings (SSSR count). The highest BCUT2D eigenvalue weighted by molar-refractivity contribution is 6.33. The monoisotopic (exact) mass is 469 g/mol. The Balaban J connectivity index is 1.78. The van der Waals surface area contributed by atoms with E-state index < -0.39 is 48.5 Å². The second-order valence-corrected chi connectivity index (χ2v) is 7.69. The van der Waals surface area contributed by atoms with E-state index in [2.05, 4.69) is 5.32 Å². The molecule has 0 amide bonds. The zero-order valence-corrected chi connectivity index (χ0v) is 17.5. The molecule has 2 aromatic carbocycles. The number of carbonyl (C=O) groups is 2. The molecule has 1 aliphatic rings. The molecule has 32 heavy (non-hydrogen) atoms. The van der Waals surface area contributed by atoms with Crippen LogP contribution >= 0.6 is 11.6 Å². The summed E-state index contributed by atoms with van der Waals surface area (Å²) in [4.78, 5) is 23.7. The number of carbonyl (C=O) groups excluding carboxylic acids is 1. The topological polar surface area (TPSA) is 146 Å². The molecule has 5 N–H and O–H groups in total. The highest BCUT2D eigenvalue weighted by Gasteiger charge is 2.48. The van der Waals surface area contributed by atoms with Gasteiger partial charge in [0.1, 0.15) is 24.1 Å². The van der Waals surface area contributed by atoms with E-state index >= 15 is 0 Å². The minimum Gasteiger partial charge on any atom is -0.479 e. The maximum Gasteiger partial charge on any atom is 0.335 e. The van der Waals surface area contributed by atoms with E-state index in [9.17, 15) is 29.3 Å². The Morgan fingerprint density at radius 2 is 1.88 bits per heavy atom. The van der Waals surface area contributed by atoms with E-state index in [0.717, 1.165) is 5.56 Å². The lowest BCUT2D eigenvalue weighted by molar-refractivity contribution is -0.286. The number of nitrogens with one attached hydrogen (secondary N) is 1. The fraction of sp³-hybridized carbons (Fsp3) is 0.333. The Hall–Kier alpha value is -2.76. The third-order valence-corrected chi connectivity index (χ3v) is 5.19. The SMILES string of the molecule is Cc1ccc(Nc2c(F)cccc2Cl)c(CC(=O)O[C@H]2O[C@@H](C(=O)O)[C@H](O)[C@@H](O)[C@H]2O)c1. The lowest BCUT2D eigenvalue weighted by Crippen LogP contribution is -2.60. The summed E-state index contributed by atoms with van der Waals surface area (Å²) in [6.07, 6.45) is -9.75. The normalized spacial score (nSPS) is 25.2. The molecule has 9 nitrogen and oxygen atoms in total. The molecular weight excluding hydrogens is 449 g/mol. The molecular formula is C21H21ClFNO8. The number of halogens is 2. The number of carboxylic acids is 1. The van der Waals surface area contributed by atoms with E-state index in [1.165, 1.54) is 18.2 Å². The van der Waals surface area contributed by atoms with Gasteiger partial charge in [-0.25, -0.2) is 9.18 Å². The fourth-order valence-corrected chi connectivity index (χ4v) is 3.43. The number of hydrogen-bond acceptors (Lipinski definition) is 8. The van der Waals surface area contributed by atoms with Crippen molar-refractivity contribution in [1.29, 1.82) is 0 Å². The van der Waals surface area contributed by atoms with Crippen LogP contribution in [-0.2, 0) is 25.5 Å². The second-order valence-electron chi connectivity index (χ2n) is 7.28. The number of carboxylic acid groups (broad SMARTS) is 1. The molecule has 0 aliphatic carbocycles. The van der Waals surface area contributed by atoms with Crippen molar-refractivity contribution in [3.8, 4) is 0 Å². The van der Waals surface area contributed by atoms with Crippen LogP contribution in [0.1, 0.15) is 11.1 Å². The van der Waals surface area contributed by atoms with Gasteiger partial charge < -0.3 is 35.2 Å². The summed E-state index contributed by atoms with van der Waals surface area (Å²) < 4.78 is 24.1. The predicted octanol–water partition coefficient (Wildman–Crippen LogP) is 1.51. The molecule has 0 bridgehead atoms. The molecule has 0 unspecified atom stereocenters. The van der Waals surface area contributed by atoms with Crippen LogP contribution in [0.4, 0.5) is 15.8 Å². The van der Waals surface area contributed by atoms with Crippen LogP contribution in [-0.4, -0.2) is 63.1 Å². The Kier molecular flexibility index (Phi) is 7.32. The number of para-hydroxylation sites is 1. The summed E-state index contributed by atoms with van der Waals surface area (Å²) in [5.74, 6) is -3.12. The van der Waals surface area contributed by atoms with E-state index in [4.69, 9.17) is 26.2 Å². The number of hydrogen-bond donors (Lipinski definition) is 5. The van der Waals surface area contributed by atoms with Gasteiger partial charge in [-0.2, -0.15) is 0 Å². The molecule has 0 aromatic heterocycles. The standard InChI is InChI=1S/C21H21ClFNO8/c1-9-5-6-13(24-15-11(22)3-2-4-12(15)23)10(7-9)8-14(25)31-21-18(28)16(26)17(27)19(32-21)20(29)30/h2-7,16-19,21,24,26-28H,8H2,1H3,(H,29,30)/t16-,17-,18-,19-,21+/m1/s1. The quantitative estimate of drug-likeness (QED) is 0.397. The minimum atomic E-state index is -1.91. The van der Waals surface area contributed by atoms with Crippen molar-refractivity contribution < 1.29 is 43.9 Å². The second kappa shape index (κ2) is 9.80. The van der Waals surface area contributed by atoms with Crippen LogP contribution in [0.25, 0.3) is 0 Å². The molecule has 11 heteroatoms. The van der Waals surface area contributed by atoms with Crippen LogP contribution < -0.4 is 5.32 Å². The largest absolute Gasteiger partial charge is 0.479 e. The van der Waals surface area contributed by atoms with Crippen molar-refractivity contribution in [3.05, 3.63) is 58.4 Å². The van der Waals surface area contributed by atoms with Crippen molar-refractivity contribution >= 4 is 34.9 Å². The average molecular weight is 470 g/mol. The molecule has 0 saturated carbocycles.